The number of rotatable bonds is 4. The van der Waals surface area contributed by atoms with Crippen LogP contribution in [0.2, 0.25) is 0 Å². The summed E-state index contributed by atoms with van der Waals surface area (Å²) in [4.78, 5) is 23.0. The van der Waals surface area contributed by atoms with E-state index in [-0.39, 0.29) is 0 Å². The average molecular weight is 373 g/mol. The molecule has 0 atom stereocenters. The Hall–Kier alpha value is -4.01. The normalized spacial score (nSPS) is 11.3. The van der Waals surface area contributed by atoms with Crippen molar-refractivity contribution in [3.8, 4) is 17.1 Å². The fraction of sp³-hybridized carbons (Fsp3) is 0.105. The molecule has 0 aliphatic carbocycles. The zero-order chi connectivity index (χ0) is 19.1. The van der Waals surface area contributed by atoms with Crippen molar-refractivity contribution in [2.45, 2.75) is 13.5 Å². The van der Waals surface area contributed by atoms with E-state index in [1.165, 1.54) is 6.33 Å². The minimum atomic E-state index is -0.507. The third kappa shape index (κ3) is 2.78. The van der Waals surface area contributed by atoms with Gasteiger partial charge in [-0.2, -0.15) is 5.10 Å². The Balaban J connectivity index is 1.72. The van der Waals surface area contributed by atoms with Gasteiger partial charge in [0.1, 0.15) is 19.2 Å². The minimum Gasteiger partial charge on any atom is -0.407 e. The molecule has 0 fully saturated rings. The van der Waals surface area contributed by atoms with Crippen molar-refractivity contribution in [1.82, 2.24) is 34.5 Å². The molecular weight excluding hydrogens is 358 g/mol. The standard InChI is InChI=1S/C19H15N7O2/c1-12-4-2-5-13(8-12)26-18(23-16(24-26)9-25-11-20-10-21-25)14-6-3-7-15-17(14)28-19(27)22-15/h2-8,10-11H,9H2,1H3,(H,22,27). The predicted molar refractivity (Wildman–Crippen MR) is 101 cm³/mol. The van der Waals surface area contributed by atoms with E-state index in [0.29, 0.717) is 34.9 Å². The van der Waals surface area contributed by atoms with Gasteiger partial charge in [0.05, 0.1) is 16.8 Å². The van der Waals surface area contributed by atoms with Crippen molar-refractivity contribution in [3.63, 3.8) is 0 Å². The number of aromatic nitrogens is 7. The van der Waals surface area contributed by atoms with Gasteiger partial charge in [0.2, 0.25) is 0 Å². The summed E-state index contributed by atoms with van der Waals surface area (Å²) in [6, 6.07) is 13.4. The van der Waals surface area contributed by atoms with Crippen LogP contribution in [0.25, 0.3) is 28.2 Å². The third-order valence-corrected chi connectivity index (χ3v) is 4.35. The second-order valence-electron chi connectivity index (χ2n) is 6.39. The number of hydrogen-bond acceptors (Lipinski definition) is 6. The quantitative estimate of drug-likeness (QED) is 0.518. The fourth-order valence-corrected chi connectivity index (χ4v) is 3.14. The van der Waals surface area contributed by atoms with Crippen molar-refractivity contribution in [3.05, 3.63) is 77.1 Å². The molecule has 0 unspecified atom stereocenters. The van der Waals surface area contributed by atoms with Gasteiger partial charge in [-0.1, -0.05) is 18.2 Å². The van der Waals surface area contributed by atoms with Crippen LogP contribution in [0, 0.1) is 6.92 Å². The van der Waals surface area contributed by atoms with Gasteiger partial charge in [-0.3, -0.25) is 4.98 Å². The van der Waals surface area contributed by atoms with E-state index < -0.39 is 5.76 Å². The van der Waals surface area contributed by atoms with Gasteiger partial charge < -0.3 is 4.42 Å². The summed E-state index contributed by atoms with van der Waals surface area (Å²) in [6.07, 6.45) is 3.08. The van der Waals surface area contributed by atoms with Crippen LogP contribution < -0.4 is 5.76 Å². The first-order valence-electron chi connectivity index (χ1n) is 8.65. The molecule has 0 radical (unpaired) electrons. The van der Waals surface area contributed by atoms with Gasteiger partial charge in [0, 0.05) is 0 Å². The van der Waals surface area contributed by atoms with Crippen LogP contribution in [0.4, 0.5) is 0 Å². The topological polar surface area (TPSA) is 107 Å². The molecule has 0 bridgehead atoms. The highest BCUT2D eigenvalue weighted by Gasteiger charge is 2.18. The molecule has 9 nitrogen and oxygen atoms in total. The SMILES string of the molecule is Cc1cccc(-n2nc(Cn3cncn3)nc2-c2cccc3[nH]c(=O)oc23)c1. The fourth-order valence-electron chi connectivity index (χ4n) is 3.14. The Morgan fingerprint density at radius 3 is 2.89 bits per heavy atom. The number of aromatic amines is 1. The van der Waals surface area contributed by atoms with E-state index >= 15 is 0 Å². The van der Waals surface area contributed by atoms with E-state index in [1.54, 1.807) is 21.8 Å². The molecule has 0 saturated heterocycles. The number of hydrogen-bond donors (Lipinski definition) is 1. The van der Waals surface area contributed by atoms with Gasteiger partial charge in [-0.05, 0) is 36.8 Å². The highest BCUT2D eigenvalue weighted by molar-refractivity contribution is 5.88. The first-order valence-corrected chi connectivity index (χ1v) is 8.65. The van der Waals surface area contributed by atoms with Crippen molar-refractivity contribution in [1.29, 1.82) is 0 Å². The van der Waals surface area contributed by atoms with Crippen LogP contribution in [-0.4, -0.2) is 34.5 Å². The van der Waals surface area contributed by atoms with Gasteiger partial charge in [0.15, 0.2) is 17.2 Å². The number of H-pyrrole nitrogens is 1. The molecule has 3 heterocycles. The van der Waals surface area contributed by atoms with Crippen LogP contribution in [0.15, 0.2) is 64.3 Å². The maximum Gasteiger partial charge on any atom is 0.417 e. The van der Waals surface area contributed by atoms with Crippen LogP contribution in [0.1, 0.15) is 11.4 Å². The lowest BCUT2D eigenvalue weighted by atomic mass is 10.1. The zero-order valence-corrected chi connectivity index (χ0v) is 14.9. The smallest absolute Gasteiger partial charge is 0.407 e. The largest absolute Gasteiger partial charge is 0.417 e. The number of para-hydroxylation sites is 1. The van der Waals surface area contributed by atoms with E-state index in [9.17, 15) is 4.79 Å². The lowest BCUT2D eigenvalue weighted by Crippen LogP contribution is -2.03. The summed E-state index contributed by atoms with van der Waals surface area (Å²) < 4.78 is 8.76. The van der Waals surface area contributed by atoms with E-state index in [4.69, 9.17) is 9.40 Å². The molecule has 5 rings (SSSR count). The van der Waals surface area contributed by atoms with E-state index in [0.717, 1.165) is 11.3 Å². The number of nitrogens with zero attached hydrogens (tertiary/aromatic N) is 6. The van der Waals surface area contributed by atoms with Crippen molar-refractivity contribution < 1.29 is 4.42 Å². The highest BCUT2D eigenvalue weighted by atomic mass is 16.4. The minimum absolute atomic E-state index is 0.374. The summed E-state index contributed by atoms with van der Waals surface area (Å²) in [5.41, 5.74) is 3.69. The molecule has 2 aromatic carbocycles. The molecule has 28 heavy (non-hydrogen) atoms. The monoisotopic (exact) mass is 373 g/mol. The molecule has 3 aromatic heterocycles. The Bertz CT molecular complexity index is 1330. The third-order valence-electron chi connectivity index (χ3n) is 4.35. The number of fused-ring (bicyclic) bond motifs is 1. The summed E-state index contributed by atoms with van der Waals surface area (Å²) in [5, 5.41) is 8.79. The molecular formula is C19H15N7O2. The summed E-state index contributed by atoms with van der Waals surface area (Å²) >= 11 is 0. The molecule has 1 N–H and O–H groups in total. The number of benzene rings is 2. The molecule has 5 aromatic rings. The number of aryl methyl sites for hydroxylation is 1. The van der Waals surface area contributed by atoms with Crippen molar-refractivity contribution in [2.24, 2.45) is 0 Å². The zero-order valence-electron chi connectivity index (χ0n) is 14.9. The maximum absolute atomic E-state index is 11.7. The van der Waals surface area contributed by atoms with Crippen molar-refractivity contribution in [2.75, 3.05) is 0 Å². The molecule has 9 heteroatoms. The Kier molecular flexibility index (Phi) is 3.64. The van der Waals surface area contributed by atoms with Gasteiger partial charge in [0.25, 0.3) is 0 Å². The summed E-state index contributed by atoms with van der Waals surface area (Å²) in [6.45, 7) is 2.39. The van der Waals surface area contributed by atoms with Crippen molar-refractivity contribution >= 4 is 11.1 Å². The Morgan fingerprint density at radius 1 is 1.18 bits per heavy atom. The van der Waals surface area contributed by atoms with Crippen LogP contribution in [0.3, 0.4) is 0 Å². The van der Waals surface area contributed by atoms with Gasteiger partial charge in [-0.25, -0.2) is 24.1 Å². The Morgan fingerprint density at radius 2 is 2.07 bits per heavy atom. The maximum atomic E-state index is 11.7. The van der Waals surface area contributed by atoms with Gasteiger partial charge in [-0.15, -0.1) is 5.10 Å². The molecule has 0 spiro atoms. The van der Waals surface area contributed by atoms with E-state index in [2.05, 4.69) is 20.2 Å². The first-order chi connectivity index (χ1) is 13.7. The van der Waals surface area contributed by atoms with E-state index in [1.807, 2.05) is 43.3 Å². The second-order valence-corrected chi connectivity index (χ2v) is 6.39. The Labute approximate surface area is 158 Å². The molecule has 0 saturated carbocycles. The highest BCUT2D eigenvalue weighted by Crippen LogP contribution is 2.28. The van der Waals surface area contributed by atoms with Gasteiger partial charge >= 0.3 is 5.76 Å². The first kappa shape index (κ1) is 16.2. The second kappa shape index (κ2) is 6.31. The average Bonchev–Trinajstić information content (AvgIpc) is 3.40. The summed E-state index contributed by atoms with van der Waals surface area (Å²) in [7, 11) is 0. The van der Waals surface area contributed by atoms with Crippen LogP contribution in [0.5, 0.6) is 0 Å². The molecule has 138 valence electrons. The summed E-state index contributed by atoms with van der Waals surface area (Å²) in [5.74, 6) is 0.637. The lowest BCUT2D eigenvalue weighted by Gasteiger charge is -2.07. The number of nitrogens with one attached hydrogen (secondary N) is 1. The van der Waals surface area contributed by atoms with Crippen LogP contribution in [-0.2, 0) is 6.54 Å². The molecule has 0 aliphatic heterocycles. The lowest BCUT2D eigenvalue weighted by molar-refractivity contribution is 0.556. The van der Waals surface area contributed by atoms with Crippen LogP contribution >= 0.6 is 0 Å². The predicted octanol–water partition coefficient (Wildman–Crippen LogP) is 2.32. The molecule has 0 aliphatic rings. The number of oxazole rings is 1. The molecule has 0 amide bonds.